The predicted molar refractivity (Wildman–Crippen MR) is 149 cm³/mol. The Morgan fingerprint density at radius 3 is 2.64 bits per heavy atom. The molecule has 0 radical (unpaired) electrons. The van der Waals surface area contributed by atoms with Crippen molar-refractivity contribution >= 4 is 23.1 Å². The molecule has 3 atom stereocenters. The van der Waals surface area contributed by atoms with Gasteiger partial charge in [0, 0.05) is 63.6 Å². The monoisotopic (exact) mass is 622 g/mol. The first-order chi connectivity index (χ1) is 20.9. The third kappa shape index (κ3) is 6.09. The minimum Gasteiger partial charge on any atom is -0.370 e. The van der Waals surface area contributed by atoms with Gasteiger partial charge in [-0.1, -0.05) is 0 Å². The predicted octanol–water partition coefficient (Wildman–Crippen LogP) is 4.31. The molecular formula is C29H35F5N8O2. The third-order valence-corrected chi connectivity index (χ3v) is 9.17. The van der Waals surface area contributed by atoms with Crippen LogP contribution in [0.3, 0.4) is 0 Å². The number of carbonyl (C=O) groups excluding carboxylic acids is 2. The summed E-state index contributed by atoms with van der Waals surface area (Å²) in [7, 11) is 0. The van der Waals surface area contributed by atoms with E-state index in [1.807, 2.05) is 11.8 Å². The fraction of sp³-hybridized carbons (Fsp3) is 0.621. The first kappa shape index (κ1) is 30.3. The number of rotatable bonds is 8. The van der Waals surface area contributed by atoms with E-state index in [9.17, 15) is 31.5 Å². The normalized spacial score (nSPS) is 23.3. The van der Waals surface area contributed by atoms with Crippen molar-refractivity contribution in [1.82, 2.24) is 35.0 Å². The molecule has 6 rings (SSSR count). The number of fused-ring (bicyclic) bond motifs is 1. The first-order valence-electron chi connectivity index (χ1n) is 15.1. The molecule has 15 heteroatoms. The molecule has 2 aliphatic heterocycles. The number of aromatic nitrogens is 5. The fourth-order valence-corrected chi connectivity index (χ4v) is 6.48. The van der Waals surface area contributed by atoms with Gasteiger partial charge in [0.1, 0.15) is 5.69 Å². The molecule has 0 spiro atoms. The average molecular weight is 623 g/mol. The maximum atomic E-state index is 14.1. The summed E-state index contributed by atoms with van der Waals surface area (Å²) >= 11 is 0. The second kappa shape index (κ2) is 11.6. The standard InChI is InChI=1S/C29H35F5N8O2/c1-2-41-22(6-9-36-41)27(44)38-25(17-4-7-28(30,31)8-5-17)21-16-42-24(37-21)14-23(40-10-3-11-40)20(39-42)13-18-12-19(29(32,33)34)15-35-26(18)43/h6,9,14,16-19,25H,2-5,7-8,10-13,15H2,1H3,(H,35,43)(H,38,44)/t18-,19-,25+/m1/s1. The molecule has 2 saturated heterocycles. The van der Waals surface area contributed by atoms with Crippen LogP contribution < -0.4 is 15.5 Å². The smallest absolute Gasteiger partial charge is 0.370 e. The molecule has 3 aliphatic rings. The van der Waals surface area contributed by atoms with Gasteiger partial charge in [-0.3, -0.25) is 14.3 Å². The average Bonchev–Trinajstić information content (AvgIpc) is 3.58. The van der Waals surface area contributed by atoms with Gasteiger partial charge in [-0.05, 0) is 44.6 Å². The number of halogens is 5. The third-order valence-electron chi connectivity index (χ3n) is 9.17. The highest BCUT2D eigenvalue weighted by molar-refractivity contribution is 5.92. The van der Waals surface area contributed by atoms with Crippen molar-refractivity contribution in [2.45, 2.75) is 76.6 Å². The quantitative estimate of drug-likeness (QED) is 0.363. The largest absolute Gasteiger partial charge is 0.393 e. The van der Waals surface area contributed by atoms with Crippen LogP contribution in [-0.4, -0.2) is 67.9 Å². The van der Waals surface area contributed by atoms with Gasteiger partial charge in [0.05, 0.1) is 35.2 Å². The number of nitrogens with one attached hydrogen (secondary N) is 2. The highest BCUT2D eigenvalue weighted by atomic mass is 19.4. The topological polar surface area (TPSA) is 109 Å². The van der Waals surface area contributed by atoms with Gasteiger partial charge in [0.25, 0.3) is 5.91 Å². The van der Waals surface area contributed by atoms with Crippen molar-refractivity contribution in [3.63, 3.8) is 0 Å². The van der Waals surface area contributed by atoms with Crippen molar-refractivity contribution in [3.8, 4) is 0 Å². The summed E-state index contributed by atoms with van der Waals surface area (Å²) in [6, 6.07) is 2.70. The Morgan fingerprint density at radius 1 is 1.23 bits per heavy atom. The molecular weight excluding hydrogens is 587 g/mol. The summed E-state index contributed by atoms with van der Waals surface area (Å²) in [6.07, 6.45) is -0.840. The molecule has 0 unspecified atom stereocenters. The van der Waals surface area contributed by atoms with Crippen molar-refractivity contribution in [2.75, 3.05) is 24.5 Å². The highest BCUT2D eigenvalue weighted by Gasteiger charge is 2.45. The maximum absolute atomic E-state index is 14.1. The molecule has 0 bridgehead atoms. The van der Waals surface area contributed by atoms with Gasteiger partial charge in [-0.25, -0.2) is 18.3 Å². The van der Waals surface area contributed by atoms with Gasteiger partial charge < -0.3 is 15.5 Å². The Hall–Kier alpha value is -3.78. The van der Waals surface area contributed by atoms with Crippen LogP contribution in [-0.2, 0) is 17.8 Å². The number of amides is 2. The Bertz CT molecular complexity index is 1520. The maximum Gasteiger partial charge on any atom is 0.393 e. The fourth-order valence-electron chi connectivity index (χ4n) is 6.48. The number of nitrogens with zero attached hydrogens (tertiary/aromatic N) is 6. The van der Waals surface area contributed by atoms with E-state index in [2.05, 4.69) is 15.7 Å². The van der Waals surface area contributed by atoms with Crippen LogP contribution in [0.1, 0.15) is 73.4 Å². The zero-order valence-corrected chi connectivity index (χ0v) is 24.3. The minimum absolute atomic E-state index is 0.0204. The molecule has 2 amide bonds. The number of hydrogen-bond donors (Lipinski definition) is 2. The van der Waals surface area contributed by atoms with Gasteiger partial charge in [0.15, 0.2) is 5.65 Å². The lowest BCUT2D eigenvalue weighted by Gasteiger charge is -2.35. The van der Waals surface area contributed by atoms with Crippen molar-refractivity contribution < 1.29 is 31.5 Å². The first-order valence-corrected chi connectivity index (χ1v) is 15.1. The number of hydrogen-bond acceptors (Lipinski definition) is 6. The van der Waals surface area contributed by atoms with E-state index >= 15 is 0 Å². The van der Waals surface area contributed by atoms with Crippen LogP contribution in [0.5, 0.6) is 0 Å². The molecule has 10 nitrogen and oxygen atoms in total. The molecule has 238 valence electrons. The molecule has 1 saturated carbocycles. The van der Waals surface area contributed by atoms with E-state index < -0.39 is 48.3 Å². The number of anilines is 1. The summed E-state index contributed by atoms with van der Waals surface area (Å²) in [5.41, 5.74) is 2.42. The summed E-state index contributed by atoms with van der Waals surface area (Å²) < 4.78 is 71.7. The second-order valence-corrected chi connectivity index (χ2v) is 12.1. The lowest BCUT2D eigenvalue weighted by molar-refractivity contribution is -0.183. The minimum atomic E-state index is -4.42. The number of piperidine rings is 1. The molecule has 3 aromatic rings. The lowest BCUT2D eigenvalue weighted by Crippen LogP contribution is -2.47. The van der Waals surface area contributed by atoms with Crippen molar-refractivity contribution in [1.29, 1.82) is 0 Å². The van der Waals surface area contributed by atoms with E-state index in [1.165, 1.54) is 10.7 Å². The van der Waals surface area contributed by atoms with E-state index in [4.69, 9.17) is 10.1 Å². The zero-order valence-electron chi connectivity index (χ0n) is 24.3. The second-order valence-electron chi connectivity index (χ2n) is 12.1. The summed E-state index contributed by atoms with van der Waals surface area (Å²) in [5.74, 6) is -6.43. The Balaban J connectivity index is 1.33. The molecule has 44 heavy (non-hydrogen) atoms. The van der Waals surface area contributed by atoms with Crippen molar-refractivity contribution in [2.24, 2.45) is 17.8 Å². The molecule has 1 aliphatic carbocycles. The summed E-state index contributed by atoms with van der Waals surface area (Å²) in [4.78, 5) is 32.8. The number of alkyl halides is 5. The van der Waals surface area contributed by atoms with Gasteiger partial charge in [-0.2, -0.15) is 23.4 Å². The Morgan fingerprint density at radius 2 is 1.98 bits per heavy atom. The SMILES string of the molecule is CCn1nccc1C(=O)N[C@H](c1cn2nc(C[C@H]3C[C@@H](C(F)(F)F)CNC3=O)c(N3CCC3)cc2n1)C1CCC(F)(F)CC1. The number of aryl methyl sites for hydroxylation is 1. The molecule has 3 aromatic heterocycles. The van der Waals surface area contributed by atoms with Crippen LogP contribution in [0.2, 0.25) is 0 Å². The van der Waals surface area contributed by atoms with Gasteiger partial charge in [0.2, 0.25) is 11.8 Å². The Labute approximate surface area is 250 Å². The van der Waals surface area contributed by atoms with Crippen molar-refractivity contribution in [3.05, 3.63) is 41.6 Å². The molecule has 5 heterocycles. The summed E-state index contributed by atoms with van der Waals surface area (Å²) in [5, 5.41) is 14.3. The number of imidazole rings is 1. The van der Waals surface area contributed by atoms with Crippen LogP contribution >= 0.6 is 0 Å². The van der Waals surface area contributed by atoms with E-state index in [0.29, 0.717) is 35.0 Å². The lowest BCUT2D eigenvalue weighted by atomic mass is 9.81. The Kier molecular flexibility index (Phi) is 7.99. The summed E-state index contributed by atoms with van der Waals surface area (Å²) in [6.45, 7) is 3.36. The van der Waals surface area contributed by atoms with Crippen LogP contribution in [0.4, 0.5) is 27.6 Å². The van der Waals surface area contributed by atoms with Gasteiger partial charge in [-0.15, -0.1) is 0 Å². The van der Waals surface area contributed by atoms with Crippen LogP contribution in [0.15, 0.2) is 24.5 Å². The van der Waals surface area contributed by atoms with Crippen LogP contribution in [0.25, 0.3) is 5.65 Å². The van der Waals surface area contributed by atoms with Crippen LogP contribution in [0, 0.1) is 17.8 Å². The molecule has 3 fully saturated rings. The van der Waals surface area contributed by atoms with Gasteiger partial charge >= 0.3 is 6.18 Å². The molecule has 2 N–H and O–H groups in total. The van der Waals surface area contributed by atoms with E-state index in [-0.39, 0.29) is 44.4 Å². The number of carbonyl (C=O) groups is 2. The molecule has 0 aromatic carbocycles. The zero-order chi connectivity index (χ0) is 31.2. The van der Waals surface area contributed by atoms with E-state index in [0.717, 1.165) is 19.5 Å². The van der Waals surface area contributed by atoms with E-state index in [1.54, 1.807) is 23.0 Å². The highest BCUT2D eigenvalue weighted by Crippen LogP contribution is 2.42.